The van der Waals surface area contributed by atoms with Gasteiger partial charge in [0.05, 0.1) is 0 Å². The van der Waals surface area contributed by atoms with Crippen LogP contribution in [0.2, 0.25) is 5.02 Å². The number of benzene rings is 1. The molecule has 1 aliphatic rings. The van der Waals surface area contributed by atoms with Crippen LogP contribution in [0.15, 0.2) is 18.2 Å². The molecular weight excluding hydrogens is 210 g/mol. The van der Waals surface area contributed by atoms with Gasteiger partial charge in [0.25, 0.3) is 0 Å². The molecule has 1 saturated carbocycles. The van der Waals surface area contributed by atoms with E-state index in [2.05, 4.69) is 5.32 Å². The Hall–Kier alpha value is -0.730. The van der Waals surface area contributed by atoms with Gasteiger partial charge in [-0.25, -0.2) is 0 Å². The molecule has 1 aromatic carbocycles. The third-order valence-corrected chi connectivity index (χ3v) is 3.41. The van der Waals surface area contributed by atoms with Crippen LogP contribution in [0.4, 0.5) is 0 Å². The van der Waals surface area contributed by atoms with Crippen LogP contribution in [-0.2, 0) is 6.54 Å². The zero-order chi connectivity index (χ0) is 10.7. The number of rotatable bonds is 4. The third-order valence-electron chi connectivity index (χ3n) is 3.05. The van der Waals surface area contributed by atoms with Crippen molar-refractivity contribution < 1.29 is 5.11 Å². The maximum atomic E-state index is 9.60. The lowest BCUT2D eigenvalue weighted by Gasteiger charge is -2.25. The van der Waals surface area contributed by atoms with E-state index in [-0.39, 0.29) is 5.75 Å². The fourth-order valence-corrected chi connectivity index (χ4v) is 2.06. The zero-order valence-electron chi connectivity index (χ0n) is 8.67. The molecule has 0 aliphatic heterocycles. The molecule has 3 heteroatoms. The van der Waals surface area contributed by atoms with Crippen molar-refractivity contribution in [1.29, 1.82) is 0 Å². The molecule has 1 aromatic rings. The Morgan fingerprint density at radius 3 is 2.80 bits per heavy atom. The smallest absolute Gasteiger partial charge is 0.121 e. The summed E-state index contributed by atoms with van der Waals surface area (Å²) in [5.74, 6) is 1.11. The van der Waals surface area contributed by atoms with Crippen LogP contribution < -0.4 is 5.32 Å². The molecular formula is C12H16ClNO. The van der Waals surface area contributed by atoms with E-state index in [1.165, 1.54) is 19.3 Å². The summed E-state index contributed by atoms with van der Waals surface area (Å²) < 4.78 is 0. The average Bonchev–Trinajstić information content (AvgIpc) is 2.13. The highest BCUT2D eigenvalue weighted by atomic mass is 35.5. The molecule has 2 N–H and O–H groups in total. The quantitative estimate of drug-likeness (QED) is 0.826. The molecule has 2 rings (SSSR count). The second-order valence-electron chi connectivity index (χ2n) is 4.17. The normalized spacial score (nSPS) is 16.3. The van der Waals surface area contributed by atoms with E-state index in [0.29, 0.717) is 11.6 Å². The highest BCUT2D eigenvalue weighted by Crippen LogP contribution is 2.27. The first-order valence-corrected chi connectivity index (χ1v) is 5.82. The summed E-state index contributed by atoms with van der Waals surface area (Å²) in [6.07, 6.45) is 4.03. The van der Waals surface area contributed by atoms with Crippen molar-refractivity contribution in [2.75, 3.05) is 6.54 Å². The monoisotopic (exact) mass is 225 g/mol. The number of phenolic OH excluding ortho intramolecular Hbond substituents is 1. The Labute approximate surface area is 95.3 Å². The summed E-state index contributed by atoms with van der Waals surface area (Å²) in [6, 6.07) is 5.24. The summed E-state index contributed by atoms with van der Waals surface area (Å²) >= 11 is 5.99. The van der Waals surface area contributed by atoms with Gasteiger partial charge < -0.3 is 10.4 Å². The van der Waals surface area contributed by atoms with Crippen molar-refractivity contribution in [2.24, 2.45) is 5.92 Å². The van der Waals surface area contributed by atoms with Gasteiger partial charge in [0, 0.05) is 17.1 Å². The van der Waals surface area contributed by atoms with Crippen molar-refractivity contribution in [3.05, 3.63) is 28.8 Å². The van der Waals surface area contributed by atoms with Crippen LogP contribution in [0, 0.1) is 5.92 Å². The van der Waals surface area contributed by atoms with E-state index in [1.54, 1.807) is 12.1 Å². The van der Waals surface area contributed by atoms with Crippen molar-refractivity contribution in [3.63, 3.8) is 0 Å². The van der Waals surface area contributed by atoms with Gasteiger partial charge in [-0.1, -0.05) is 24.1 Å². The number of halogens is 1. The van der Waals surface area contributed by atoms with E-state index in [4.69, 9.17) is 11.6 Å². The van der Waals surface area contributed by atoms with E-state index in [0.717, 1.165) is 18.0 Å². The Morgan fingerprint density at radius 2 is 2.20 bits per heavy atom. The van der Waals surface area contributed by atoms with Crippen LogP contribution in [0.3, 0.4) is 0 Å². The maximum Gasteiger partial charge on any atom is 0.121 e. The molecule has 2 nitrogen and oxygen atoms in total. The highest BCUT2D eigenvalue weighted by Gasteiger charge is 2.16. The number of hydrogen-bond acceptors (Lipinski definition) is 2. The predicted molar refractivity (Wildman–Crippen MR) is 62.2 cm³/mol. The predicted octanol–water partition coefficient (Wildman–Crippen LogP) is 2.94. The van der Waals surface area contributed by atoms with E-state index in [1.807, 2.05) is 6.07 Å². The van der Waals surface area contributed by atoms with Crippen molar-refractivity contribution >= 4 is 11.6 Å². The molecule has 15 heavy (non-hydrogen) atoms. The molecule has 82 valence electrons. The summed E-state index contributed by atoms with van der Waals surface area (Å²) in [5.41, 5.74) is 0.804. The van der Waals surface area contributed by atoms with Crippen molar-refractivity contribution in [1.82, 2.24) is 5.32 Å². The molecule has 0 saturated heterocycles. The summed E-state index contributed by atoms with van der Waals surface area (Å²) in [6.45, 7) is 1.69. The topological polar surface area (TPSA) is 32.3 Å². The van der Waals surface area contributed by atoms with Gasteiger partial charge >= 0.3 is 0 Å². The minimum absolute atomic E-state index is 0.281. The first kappa shape index (κ1) is 10.8. The number of aromatic hydroxyl groups is 1. The largest absolute Gasteiger partial charge is 0.508 e. The first-order valence-electron chi connectivity index (χ1n) is 5.44. The number of hydrogen-bond donors (Lipinski definition) is 2. The van der Waals surface area contributed by atoms with Crippen LogP contribution in [0.25, 0.3) is 0 Å². The fraction of sp³-hybridized carbons (Fsp3) is 0.500. The molecule has 1 fully saturated rings. The Balaban J connectivity index is 1.86. The second-order valence-corrected chi connectivity index (χ2v) is 4.57. The van der Waals surface area contributed by atoms with Crippen molar-refractivity contribution in [2.45, 2.75) is 25.8 Å². The average molecular weight is 226 g/mol. The Kier molecular flexibility index (Phi) is 3.49. The molecule has 0 amide bonds. The molecule has 0 atom stereocenters. The van der Waals surface area contributed by atoms with E-state index >= 15 is 0 Å². The maximum absolute atomic E-state index is 9.60. The van der Waals surface area contributed by atoms with Gasteiger partial charge in [-0.05, 0) is 37.4 Å². The Morgan fingerprint density at radius 1 is 1.40 bits per heavy atom. The lowest BCUT2D eigenvalue weighted by Crippen LogP contribution is -2.26. The summed E-state index contributed by atoms with van der Waals surface area (Å²) in [5, 5.41) is 13.6. The van der Waals surface area contributed by atoms with Gasteiger partial charge in [-0.2, -0.15) is 0 Å². The third kappa shape index (κ3) is 2.64. The van der Waals surface area contributed by atoms with Crippen LogP contribution in [-0.4, -0.2) is 11.7 Å². The van der Waals surface area contributed by atoms with Gasteiger partial charge in [0.15, 0.2) is 0 Å². The molecule has 0 bridgehead atoms. The van der Waals surface area contributed by atoms with E-state index in [9.17, 15) is 5.11 Å². The van der Waals surface area contributed by atoms with Gasteiger partial charge in [0.2, 0.25) is 0 Å². The molecule has 0 heterocycles. The minimum atomic E-state index is 0.281. The lowest BCUT2D eigenvalue weighted by molar-refractivity contribution is 0.300. The molecule has 0 spiro atoms. The molecule has 0 aromatic heterocycles. The SMILES string of the molecule is Oc1cccc(Cl)c1CNCC1CCC1. The first-order chi connectivity index (χ1) is 7.27. The highest BCUT2D eigenvalue weighted by molar-refractivity contribution is 6.31. The summed E-state index contributed by atoms with van der Waals surface area (Å²) in [4.78, 5) is 0. The van der Waals surface area contributed by atoms with Crippen LogP contribution in [0.5, 0.6) is 5.75 Å². The van der Waals surface area contributed by atoms with Crippen molar-refractivity contribution in [3.8, 4) is 5.75 Å². The van der Waals surface area contributed by atoms with Gasteiger partial charge in [-0.3, -0.25) is 0 Å². The molecule has 1 aliphatic carbocycles. The van der Waals surface area contributed by atoms with Gasteiger partial charge in [0.1, 0.15) is 5.75 Å². The van der Waals surface area contributed by atoms with Crippen LogP contribution in [0.1, 0.15) is 24.8 Å². The minimum Gasteiger partial charge on any atom is -0.508 e. The standard InChI is InChI=1S/C12H16ClNO/c13-11-5-2-6-12(15)10(11)8-14-7-9-3-1-4-9/h2,5-6,9,14-15H,1,3-4,7-8H2. The lowest BCUT2D eigenvalue weighted by atomic mass is 9.85. The zero-order valence-corrected chi connectivity index (χ0v) is 9.43. The van der Waals surface area contributed by atoms with E-state index < -0.39 is 0 Å². The number of nitrogens with one attached hydrogen (secondary N) is 1. The molecule has 0 radical (unpaired) electrons. The fourth-order valence-electron chi connectivity index (χ4n) is 1.82. The Bertz CT molecular complexity index is 316. The van der Waals surface area contributed by atoms with Crippen LogP contribution >= 0.6 is 11.6 Å². The van der Waals surface area contributed by atoms with Gasteiger partial charge in [-0.15, -0.1) is 0 Å². The summed E-state index contributed by atoms with van der Waals surface area (Å²) in [7, 11) is 0. The second kappa shape index (κ2) is 4.86. The number of phenols is 1. The molecule has 0 unspecified atom stereocenters.